The van der Waals surface area contributed by atoms with Gasteiger partial charge in [-0.3, -0.25) is 24.2 Å². The normalized spacial score (nSPS) is 23.8. The molecule has 3 atom stereocenters. The van der Waals surface area contributed by atoms with Crippen LogP contribution in [0.4, 0.5) is 10.1 Å². The molecule has 1 N–H and O–H groups in total. The lowest BCUT2D eigenvalue weighted by molar-refractivity contribution is -0.385. The van der Waals surface area contributed by atoms with Gasteiger partial charge in [0.05, 0.1) is 11.1 Å². The fraction of sp³-hybridized carbons (Fsp3) is 0.533. The molecule has 1 aromatic carbocycles. The molecule has 3 aromatic rings. The molecule has 2 aliphatic heterocycles. The number of aliphatic carboxylic acids is 1. The van der Waals surface area contributed by atoms with Crippen LogP contribution in [0.15, 0.2) is 48.8 Å². The number of hydrogen-bond acceptors (Lipinski definition) is 6. The molecular weight excluding hydrogens is 513 g/mol. The van der Waals surface area contributed by atoms with Crippen LogP contribution in [-0.4, -0.2) is 73.9 Å². The van der Waals surface area contributed by atoms with E-state index in [1.54, 1.807) is 24.4 Å². The molecule has 9 nitrogen and oxygen atoms in total. The van der Waals surface area contributed by atoms with Gasteiger partial charge < -0.3 is 10.0 Å². The number of imidazole rings is 1. The molecule has 0 radical (unpaired) electrons. The van der Waals surface area contributed by atoms with Gasteiger partial charge in [0.15, 0.2) is 0 Å². The number of rotatable bonds is 9. The first-order chi connectivity index (χ1) is 19.4. The Morgan fingerprint density at radius 2 is 1.95 bits per heavy atom. The van der Waals surface area contributed by atoms with Crippen molar-refractivity contribution in [3.8, 4) is 0 Å². The topological polar surface area (TPSA) is 104 Å². The van der Waals surface area contributed by atoms with E-state index in [1.165, 1.54) is 18.6 Å². The monoisotopic (exact) mass is 549 g/mol. The summed E-state index contributed by atoms with van der Waals surface area (Å²) < 4.78 is 16.1. The molecule has 40 heavy (non-hydrogen) atoms. The van der Waals surface area contributed by atoms with E-state index in [9.17, 15) is 24.4 Å². The van der Waals surface area contributed by atoms with Crippen molar-refractivity contribution in [2.24, 2.45) is 11.8 Å². The van der Waals surface area contributed by atoms with E-state index in [2.05, 4.69) is 14.8 Å². The quantitative estimate of drug-likeness (QED) is 0.298. The summed E-state index contributed by atoms with van der Waals surface area (Å²) in [5.74, 6) is 0.0303. The Labute approximate surface area is 232 Å². The number of pyridine rings is 1. The van der Waals surface area contributed by atoms with Crippen LogP contribution in [0.3, 0.4) is 0 Å². The van der Waals surface area contributed by atoms with Gasteiger partial charge in [-0.2, -0.15) is 0 Å². The number of likely N-dealkylation sites (tertiary alicyclic amines) is 2. The number of piperidine rings is 1. The molecule has 212 valence electrons. The highest BCUT2D eigenvalue weighted by atomic mass is 19.1. The SMILES string of the molecule is O=C(O)[C@@H](CC1CCC1)N1C[C@H](CN2CCC(c3cnc4ccc([N+](=O)[O-])cn34)CC2)[C@@H](c2cccc(F)c2)C1. The maximum Gasteiger partial charge on any atom is 0.320 e. The number of nitrogens with zero attached hydrogens (tertiary/aromatic N) is 5. The molecule has 1 aliphatic carbocycles. The van der Waals surface area contributed by atoms with Crippen LogP contribution >= 0.6 is 0 Å². The molecule has 0 unspecified atom stereocenters. The van der Waals surface area contributed by atoms with Crippen molar-refractivity contribution in [1.29, 1.82) is 0 Å². The number of halogens is 1. The first-order valence-corrected chi connectivity index (χ1v) is 14.4. The molecule has 2 aromatic heterocycles. The number of carbonyl (C=O) groups is 1. The summed E-state index contributed by atoms with van der Waals surface area (Å²) in [6.07, 6.45) is 9.33. The van der Waals surface area contributed by atoms with E-state index < -0.39 is 12.0 Å². The summed E-state index contributed by atoms with van der Waals surface area (Å²) in [6.45, 7) is 3.92. The Morgan fingerprint density at radius 1 is 1.15 bits per heavy atom. The van der Waals surface area contributed by atoms with Crippen LogP contribution in [0.5, 0.6) is 0 Å². The Bertz CT molecular complexity index is 1380. The second-order valence-electron chi connectivity index (χ2n) is 11.9. The average molecular weight is 550 g/mol. The predicted octanol–water partition coefficient (Wildman–Crippen LogP) is 4.92. The second kappa shape index (κ2) is 11.2. The predicted molar refractivity (Wildman–Crippen MR) is 148 cm³/mol. The maximum atomic E-state index is 14.2. The van der Waals surface area contributed by atoms with Gasteiger partial charge in [-0.15, -0.1) is 0 Å². The molecule has 10 heteroatoms. The van der Waals surface area contributed by atoms with Gasteiger partial charge in [0, 0.05) is 49.4 Å². The van der Waals surface area contributed by atoms with Crippen LogP contribution in [0.25, 0.3) is 5.65 Å². The van der Waals surface area contributed by atoms with Gasteiger partial charge in [0.2, 0.25) is 0 Å². The van der Waals surface area contributed by atoms with Crippen LogP contribution < -0.4 is 0 Å². The van der Waals surface area contributed by atoms with E-state index in [4.69, 9.17) is 0 Å². The van der Waals surface area contributed by atoms with E-state index in [1.807, 2.05) is 16.7 Å². The Balaban J connectivity index is 1.15. The highest BCUT2D eigenvalue weighted by Gasteiger charge is 2.41. The van der Waals surface area contributed by atoms with Crippen molar-refractivity contribution in [3.63, 3.8) is 0 Å². The largest absolute Gasteiger partial charge is 0.480 e. The van der Waals surface area contributed by atoms with Crippen molar-refractivity contribution in [1.82, 2.24) is 19.2 Å². The van der Waals surface area contributed by atoms with Gasteiger partial charge in [0.25, 0.3) is 5.69 Å². The van der Waals surface area contributed by atoms with E-state index in [0.717, 1.165) is 56.6 Å². The minimum atomic E-state index is -0.750. The lowest BCUT2D eigenvalue weighted by atomic mass is 9.80. The molecule has 4 heterocycles. The molecular formula is C30H36FN5O4. The van der Waals surface area contributed by atoms with Crippen molar-refractivity contribution in [3.05, 3.63) is 76.0 Å². The molecule has 3 fully saturated rings. The van der Waals surface area contributed by atoms with Crippen molar-refractivity contribution < 1.29 is 19.2 Å². The summed E-state index contributed by atoms with van der Waals surface area (Å²) in [4.78, 5) is 32.3. The fourth-order valence-corrected chi connectivity index (χ4v) is 7.05. The number of hydrogen-bond donors (Lipinski definition) is 1. The number of carboxylic acids is 1. The Morgan fingerprint density at radius 3 is 2.62 bits per heavy atom. The Kier molecular flexibility index (Phi) is 7.55. The smallest absolute Gasteiger partial charge is 0.320 e. The summed E-state index contributed by atoms with van der Waals surface area (Å²) in [5, 5.41) is 21.4. The van der Waals surface area contributed by atoms with E-state index in [-0.39, 0.29) is 34.2 Å². The third-order valence-electron chi connectivity index (χ3n) is 9.48. The van der Waals surface area contributed by atoms with Crippen LogP contribution in [0.1, 0.15) is 61.6 Å². The summed E-state index contributed by atoms with van der Waals surface area (Å²) in [7, 11) is 0. The molecule has 3 aliphatic rings. The minimum Gasteiger partial charge on any atom is -0.480 e. The van der Waals surface area contributed by atoms with Gasteiger partial charge in [-0.25, -0.2) is 9.37 Å². The van der Waals surface area contributed by atoms with Crippen molar-refractivity contribution in [2.75, 3.05) is 32.7 Å². The molecule has 6 rings (SSSR count). The standard InChI is InChI=1S/C30H36FN5O4/c31-24-6-2-5-22(14-24)26-19-34(27(30(37)38)13-20-3-1-4-20)17-23(26)16-33-11-9-21(10-12-33)28-15-32-29-8-7-25(36(39)40)18-35(28)29/h2,5-8,14-15,18,20-21,23,26-27H,1,3-4,9-13,16-17,19H2,(H,37,38)/t23-,26+,27+/m0/s1. The molecule has 1 saturated carbocycles. The third-order valence-corrected chi connectivity index (χ3v) is 9.48. The lowest BCUT2D eigenvalue weighted by Crippen LogP contribution is -2.43. The zero-order valence-corrected chi connectivity index (χ0v) is 22.6. The zero-order valence-electron chi connectivity index (χ0n) is 22.6. The van der Waals surface area contributed by atoms with Crippen LogP contribution in [0.2, 0.25) is 0 Å². The molecule has 0 spiro atoms. The first-order valence-electron chi connectivity index (χ1n) is 14.4. The first kappa shape index (κ1) is 26.8. The van der Waals surface area contributed by atoms with Gasteiger partial charge in [-0.05, 0) is 68.0 Å². The molecule has 0 bridgehead atoms. The van der Waals surface area contributed by atoms with E-state index >= 15 is 0 Å². The minimum absolute atomic E-state index is 0.0512. The van der Waals surface area contributed by atoms with Crippen LogP contribution in [-0.2, 0) is 4.79 Å². The number of benzene rings is 1. The third kappa shape index (κ3) is 5.47. The Hall–Kier alpha value is -3.37. The number of aromatic nitrogens is 2. The second-order valence-corrected chi connectivity index (χ2v) is 11.9. The van der Waals surface area contributed by atoms with Crippen molar-refractivity contribution >= 4 is 17.3 Å². The van der Waals surface area contributed by atoms with Gasteiger partial charge >= 0.3 is 5.97 Å². The summed E-state index contributed by atoms with van der Waals surface area (Å²) in [5.41, 5.74) is 2.71. The number of carboxylic acid groups (broad SMARTS) is 1. The summed E-state index contributed by atoms with van der Waals surface area (Å²) in [6, 6.07) is 9.47. The van der Waals surface area contributed by atoms with Crippen LogP contribution in [0, 0.1) is 27.8 Å². The molecule has 2 saturated heterocycles. The highest BCUT2D eigenvalue weighted by Crippen LogP contribution is 2.39. The number of fused-ring (bicyclic) bond motifs is 1. The lowest BCUT2D eigenvalue weighted by Gasteiger charge is -2.35. The van der Waals surface area contributed by atoms with Gasteiger partial charge in [-0.1, -0.05) is 31.4 Å². The fourth-order valence-electron chi connectivity index (χ4n) is 7.05. The summed E-state index contributed by atoms with van der Waals surface area (Å²) >= 11 is 0. The zero-order chi connectivity index (χ0) is 27.8. The number of nitro groups is 1. The van der Waals surface area contributed by atoms with E-state index in [0.29, 0.717) is 31.1 Å². The highest BCUT2D eigenvalue weighted by molar-refractivity contribution is 5.73. The molecule has 0 amide bonds. The average Bonchev–Trinajstić information content (AvgIpc) is 3.52. The van der Waals surface area contributed by atoms with Crippen molar-refractivity contribution in [2.45, 2.75) is 56.4 Å². The maximum absolute atomic E-state index is 14.2. The van der Waals surface area contributed by atoms with Gasteiger partial charge in [0.1, 0.15) is 17.5 Å².